The lowest BCUT2D eigenvalue weighted by Crippen LogP contribution is -2.28. The fourth-order valence-electron chi connectivity index (χ4n) is 3.69. The van der Waals surface area contributed by atoms with Crippen LogP contribution in [-0.4, -0.2) is 37.5 Å². The summed E-state index contributed by atoms with van der Waals surface area (Å²) in [6.07, 6.45) is -4.75. The minimum absolute atomic E-state index is 0.0249. The van der Waals surface area contributed by atoms with Gasteiger partial charge in [-0.25, -0.2) is 0 Å². The van der Waals surface area contributed by atoms with Crippen molar-refractivity contribution in [1.29, 1.82) is 0 Å². The molecule has 3 amide bonds. The lowest BCUT2D eigenvalue weighted by Gasteiger charge is -2.22. The summed E-state index contributed by atoms with van der Waals surface area (Å²) in [4.78, 5) is 38.3. The summed E-state index contributed by atoms with van der Waals surface area (Å²) < 4.78 is 50.4. The predicted octanol–water partition coefficient (Wildman–Crippen LogP) is 3.43. The molecule has 2 N–H and O–H groups in total. The molecule has 0 aromatic heterocycles. The molecule has 8 nitrogen and oxygen atoms in total. The second-order valence-corrected chi connectivity index (χ2v) is 7.66. The van der Waals surface area contributed by atoms with E-state index in [9.17, 15) is 27.6 Å². The number of amides is 3. The topological polar surface area (TPSA) is 97.0 Å². The van der Waals surface area contributed by atoms with Gasteiger partial charge in [-0.05, 0) is 30.3 Å². The molecule has 2 aromatic rings. The largest absolute Gasteiger partial charge is 0.486 e. The number of hydrogen-bond acceptors (Lipinski definition) is 5. The van der Waals surface area contributed by atoms with Crippen LogP contribution in [0.15, 0.2) is 36.4 Å². The molecule has 1 saturated heterocycles. The van der Waals surface area contributed by atoms with E-state index in [0.29, 0.717) is 30.4 Å². The number of nitrogens with zero attached hydrogens (tertiary/aromatic N) is 1. The lowest BCUT2D eigenvalue weighted by atomic mass is 10.1. The molecule has 0 aliphatic carbocycles. The third-order valence-corrected chi connectivity index (χ3v) is 5.25. The highest BCUT2D eigenvalue weighted by atomic mass is 19.4. The van der Waals surface area contributed by atoms with Crippen molar-refractivity contribution in [2.75, 3.05) is 35.3 Å². The number of ether oxygens (including phenoxy) is 2. The fraction of sp³-hybridized carbons (Fsp3) is 0.318. The van der Waals surface area contributed by atoms with Crippen LogP contribution in [0.25, 0.3) is 0 Å². The first-order valence-corrected chi connectivity index (χ1v) is 10.1. The third-order valence-electron chi connectivity index (χ3n) is 5.25. The number of nitrogens with one attached hydrogen (secondary N) is 2. The van der Waals surface area contributed by atoms with Gasteiger partial charge in [-0.3, -0.25) is 14.4 Å². The molecular formula is C22H20F3N3O5. The van der Waals surface area contributed by atoms with Gasteiger partial charge in [0.15, 0.2) is 11.5 Å². The van der Waals surface area contributed by atoms with Crippen molar-refractivity contribution >= 4 is 34.8 Å². The highest BCUT2D eigenvalue weighted by Gasteiger charge is 2.36. The second kappa shape index (κ2) is 8.64. The number of hydrogen-bond donors (Lipinski definition) is 2. The van der Waals surface area contributed by atoms with Crippen molar-refractivity contribution < 1.29 is 37.0 Å². The van der Waals surface area contributed by atoms with Gasteiger partial charge in [-0.1, -0.05) is 0 Å². The normalized spacial score (nSPS) is 17.6. The highest BCUT2D eigenvalue weighted by Crippen LogP contribution is 2.37. The Bertz CT molecular complexity index is 1120. The fourth-order valence-corrected chi connectivity index (χ4v) is 3.69. The molecule has 33 heavy (non-hydrogen) atoms. The molecule has 1 atom stereocenters. The summed E-state index contributed by atoms with van der Waals surface area (Å²) in [7, 11) is 0. The highest BCUT2D eigenvalue weighted by molar-refractivity contribution is 6.05. The van der Waals surface area contributed by atoms with Crippen LogP contribution in [0.5, 0.6) is 11.5 Å². The summed E-state index contributed by atoms with van der Waals surface area (Å²) in [5, 5.41) is 4.83. The van der Waals surface area contributed by atoms with Crippen molar-refractivity contribution in [2.24, 2.45) is 5.92 Å². The molecule has 1 unspecified atom stereocenters. The van der Waals surface area contributed by atoms with Crippen LogP contribution >= 0.6 is 0 Å². The van der Waals surface area contributed by atoms with E-state index in [2.05, 4.69) is 10.6 Å². The van der Waals surface area contributed by atoms with Crippen LogP contribution in [0.3, 0.4) is 0 Å². The van der Waals surface area contributed by atoms with E-state index >= 15 is 0 Å². The Morgan fingerprint density at radius 3 is 2.42 bits per heavy atom. The van der Waals surface area contributed by atoms with Gasteiger partial charge < -0.3 is 25.0 Å². The summed E-state index contributed by atoms with van der Waals surface area (Å²) in [5.74, 6) is -1.20. The number of rotatable bonds is 4. The molecule has 2 aromatic carbocycles. The maximum absolute atomic E-state index is 13.1. The van der Waals surface area contributed by atoms with Crippen molar-refractivity contribution in [3.8, 4) is 11.5 Å². The third kappa shape index (κ3) is 4.86. The molecule has 4 rings (SSSR count). The Morgan fingerprint density at radius 1 is 1.00 bits per heavy atom. The Balaban J connectivity index is 1.52. The number of carbonyl (C=O) groups excluding carboxylic acids is 3. The smallest absolute Gasteiger partial charge is 0.416 e. The molecule has 2 aliphatic heterocycles. The standard InChI is InChI=1S/C22H20F3N3O5/c1-12(29)26-16-4-2-14(22(23,24)25)9-17(16)27-21(31)13-8-20(30)28(11-13)15-3-5-18-19(10-15)33-7-6-32-18/h2-5,9-10,13H,6-8,11H2,1H3,(H,26,29)(H,27,31). The molecule has 1 fully saturated rings. The van der Waals surface area contributed by atoms with Crippen LogP contribution < -0.4 is 25.0 Å². The van der Waals surface area contributed by atoms with Crippen molar-refractivity contribution in [3.63, 3.8) is 0 Å². The number of benzene rings is 2. The van der Waals surface area contributed by atoms with E-state index in [4.69, 9.17) is 9.47 Å². The van der Waals surface area contributed by atoms with E-state index in [1.165, 1.54) is 11.8 Å². The molecule has 0 radical (unpaired) electrons. The van der Waals surface area contributed by atoms with E-state index in [1.54, 1.807) is 18.2 Å². The summed E-state index contributed by atoms with van der Waals surface area (Å²) in [5.41, 5.74) is -0.628. The predicted molar refractivity (Wildman–Crippen MR) is 112 cm³/mol. The van der Waals surface area contributed by atoms with Crippen LogP contribution in [0.2, 0.25) is 0 Å². The van der Waals surface area contributed by atoms with Gasteiger partial charge >= 0.3 is 6.18 Å². The summed E-state index contributed by atoms with van der Waals surface area (Å²) >= 11 is 0. The number of carbonyl (C=O) groups is 3. The quantitative estimate of drug-likeness (QED) is 0.724. The summed E-state index contributed by atoms with van der Waals surface area (Å²) in [6.45, 7) is 2.04. The van der Waals surface area contributed by atoms with E-state index in [0.717, 1.165) is 18.2 Å². The Hall–Kier alpha value is -3.76. The zero-order valence-corrected chi connectivity index (χ0v) is 17.5. The maximum Gasteiger partial charge on any atom is 0.416 e. The first kappa shape index (κ1) is 22.4. The Labute approximate surface area is 186 Å². The van der Waals surface area contributed by atoms with E-state index in [-0.39, 0.29) is 30.2 Å². The molecule has 0 bridgehead atoms. The summed E-state index contributed by atoms with van der Waals surface area (Å²) in [6, 6.07) is 7.62. The van der Waals surface area contributed by atoms with Gasteiger partial charge in [0.1, 0.15) is 13.2 Å². The minimum Gasteiger partial charge on any atom is -0.486 e. The average Bonchev–Trinajstić information content (AvgIpc) is 3.15. The second-order valence-electron chi connectivity index (χ2n) is 7.66. The van der Waals surface area contributed by atoms with Crippen molar-refractivity contribution in [3.05, 3.63) is 42.0 Å². The maximum atomic E-state index is 13.1. The van der Waals surface area contributed by atoms with Crippen LogP contribution in [-0.2, 0) is 20.6 Å². The van der Waals surface area contributed by atoms with Crippen LogP contribution in [0.4, 0.5) is 30.2 Å². The van der Waals surface area contributed by atoms with E-state index in [1.807, 2.05) is 0 Å². The molecular weight excluding hydrogens is 443 g/mol. The van der Waals surface area contributed by atoms with Crippen molar-refractivity contribution in [2.45, 2.75) is 19.5 Å². The minimum atomic E-state index is -4.63. The van der Waals surface area contributed by atoms with Gasteiger partial charge in [0, 0.05) is 31.6 Å². The lowest BCUT2D eigenvalue weighted by molar-refractivity contribution is -0.137. The molecule has 2 aliphatic rings. The van der Waals surface area contributed by atoms with Gasteiger partial charge in [0.05, 0.1) is 22.9 Å². The zero-order valence-electron chi connectivity index (χ0n) is 17.5. The van der Waals surface area contributed by atoms with Gasteiger partial charge in [-0.2, -0.15) is 13.2 Å². The SMILES string of the molecule is CC(=O)Nc1ccc(C(F)(F)F)cc1NC(=O)C1CC(=O)N(c2ccc3c(c2)OCCO3)C1. The molecule has 11 heteroatoms. The molecule has 0 saturated carbocycles. The number of halogens is 3. The van der Waals surface area contributed by atoms with Crippen LogP contribution in [0.1, 0.15) is 18.9 Å². The monoisotopic (exact) mass is 463 g/mol. The zero-order chi connectivity index (χ0) is 23.8. The average molecular weight is 463 g/mol. The van der Waals surface area contributed by atoms with Gasteiger partial charge in [0.2, 0.25) is 17.7 Å². The number of anilines is 3. The van der Waals surface area contributed by atoms with Gasteiger partial charge in [-0.15, -0.1) is 0 Å². The van der Waals surface area contributed by atoms with E-state index < -0.39 is 29.5 Å². The number of fused-ring (bicyclic) bond motifs is 1. The van der Waals surface area contributed by atoms with Gasteiger partial charge in [0.25, 0.3) is 0 Å². The number of alkyl halides is 3. The first-order chi connectivity index (χ1) is 15.6. The molecule has 0 spiro atoms. The first-order valence-electron chi connectivity index (χ1n) is 10.1. The molecule has 174 valence electrons. The molecule has 2 heterocycles. The van der Waals surface area contributed by atoms with Crippen molar-refractivity contribution in [1.82, 2.24) is 0 Å². The van der Waals surface area contributed by atoms with Crippen LogP contribution in [0, 0.1) is 5.92 Å². The Kier molecular flexibility index (Phi) is 5.88. The Morgan fingerprint density at radius 2 is 1.73 bits per heavy atom.